The molecule has 24 heavy (non-hydrogen) atoms. The summed E-state index contributed by atoms with van der Waals surface area (Å²) in [7, 11) is 2.03. The summed E-state index contributed by atoms with van der Waals surface area (Å²) in [5.41, 5.74) is 5.60. The molecule has 0 bridgehead atoms. The maximum atomic E-state index is 6.12. The second kappa shape index (κ2) is 6.91. The molecule has 0 spiro atoms. The Kier molecular flexibility index (Phi) is 4.70. The van der Waals surface area contributed by atoms with E-state index in [-0.39, 0.29) is 0 Å². The van der Waals surface area contributed by atoms with E-state index in [1.807, 2.05) is 31.6 Å². The van der Waals surface area contributed by atoms with Crippen LogP contribution >= 0.6 is 0 Å². The van der Waals surface area contributed by atoms with Gasteiger partial charge in [0.05, 0.1) is 12.0 Å². The van der Waals surface area contributed by atoms with Gasteiger partial charge in [0.1, 0.15) is 11.3 Å². The van der Waals surface area contributed by atoms with Crippen molar-refractivity contribution >= 4 is 23.0 Å². The minimum Gasteiger partial charge on any atom is -0.460 e. The van der Waals surface area contributed by atoms with Gasteiger partial charge in [-0.1, -0.05) is 30.3 Å². The molecule has 3 aromatic rings. The van der Waals surface area contributed by atoms with Crippen LogP contribution in [0.3, 0.4) is 0 Å². The zero-order valence-corrected chi connectivity index (χ0v) is 14.8. The van der Waals surface area contributed by atoms with Crippen LogP contribution in [0.2, 0.25) is 0 Å². The molecule has 124 valence electrons. The third kappa shape index (κ3) is 3.21. The standard InChI is InChI=1S/C21H24N2O/c1-5-23(4)14-22-18-11-12-19-21(15(18)2)16(3)20(24-19)13-17-9-7-6-8-10-17/h6-12,14H,5,13H2,1-4H3/b22-14-. The topological polar surface area (TPSA) is 28.7 Å². The van der Waals surface area contributed by atoms with E-state index < -0.39 is 0 Å². The molecule has 3 heteroatoms. The fraction of sp³-hybridized carbons (Fsp3) is 0.286. The van der Waals surface area contributed by atoms with Gasteiger partial charge >= 0.3 is 0 Å². The number of hydrogen-bond donors (Lipinski definition) is 0. The predicted octanol–water partition coefficient (Wildman–Crippen LogP) is 5.25. The molecule has 0 fully saturated rings. The van der Waals surface area contributed by atoms with Gasteiger partial charge in [0, 0.05) is 25.4 Å². The highest BCUT2D eigenvalue weighted by Crippen LogP contribution is 2.34. The Labute approximate surface area is 143 Å². The van der Waals surface area contributed by atoms with Gasteiger partial charge in [-0.15, -0.1) is 0 Å². The lowest BCUT2D eigenvalue weighted by Gasteiger charge is -2.09. The lowest BCUT2D eigenvalue weighted by Crippen LogP contribution is -2.14. The van der Waals surface area contributed by atoms with Crippen LogP contribution in [0.4, 0.5) is 5.69 Å². The molecular weight excluding hydrogens is 296 g/mol. The predicted molar refractivity (Wildman–Crippen MR) is 101 cm³/mol. The monoisotopic (exact) mass is 320 g/mol. The molecule has 0 aliphatic heterocycles. The Morgan fingerprint density at radius 1 is 1.04 bits per heavy atom. The van der Waals surface area contributed by atoms with Gasteiger partial charge in [0.15, 0.2) is 0 Å². The lowest BCUT2D eigenvalue weighted by atomic mass is 10.0. The fourth-order valence-electron chi connectivity index (χ4n) is 2.91. The van der Waals surface area contributed by atoms with Gasteiger partial charge in [-0.3, -0.25) is 0 Å². The van der Waals surface area contributed by atoms with Gasteiger partial charge in [-0.25, -0.2) is 4.99 Å². The number of hydrogen-bond acceptors (Lipinski definition) is 2. The molecule has 0 N–H and O–H groups in total. The maximum absolute atomic E-state index is 6.12. The van der Waals surface area contributed by atoms with Crippen molar-refractivity contribution in [2.75, 3.05) is 13.6 Å². The first-order chi connectivity index (χ1) is 11.6. The second-order valence-corrected chi connectivity index (χ2v) is 6.21. The lowest BCUT2D eigenvalue weighted by molar-refractivity contribution is 0.552. The van der Waals surface area contributed by atoms with Crippen LogP contribution in [0.25, 0.3) is 11.0 Å². The molecule has 0 radical (unpaired) electrons. The van der Waals surface area contributed by atoms with E-state index in [0.717, 1.165) is 30.0 Å². The van der Waals surface area contributed by atoms with Crippen LogP contribution in [0.1, 0.15) is 29.4 Å². The maximum Gasteiger partial charge on any atom is 0.134 e. The molecule has 2 aromatic carbocycles. The molecule has 3 nitrogen and oxygen atoms in total. The van der Waals surface area contributed by atoms with Gasteiger partial charge in [0.2, 0.25) is 0 Å². The third-order valence-corrected chi connectivity index (χ3v) is 4.52. The molecule has 0 aliphatic rings. The van der Waals surface area contributed by atoms with Crippen molar-refractivity contribution in [3.05, 3.63) is 64.9 Å². The Morgan fingerprint density at radius 3 is 2.50 bits per heavy atom. The van der Waals surface area contributed by atoms with Crippen LogP contribution in [0.5, 0.6) is 0 Å². The van der Waals surface area contributed by atoms with E-state index in [1.165, 1.54) is 22.1 Å². The van der Waals surface area contributed by atoms with E-state index in [9.17, 15) is 0 Å². The smallest absolute Gasteiger partial charge is 0.134 e. The molecule has 0 unspecified atom stereocenters. The molecule has 0 amide bonds. The highest BCUT2D eigenvalue weighted by atomic mass is 16.3. The van der Waals surface area contributed by atoms with E-state index in [0.29, 0.717) is 0 Å². The second-order valence-electron chi connectivity index (χ2n) is 6.21. The Bertz CT molecular complexity index is 862. The summed E-state index contributed by atoms with van der Waals surface area (Å²) in [6, 6.07) is 14.5. The van der Waals surface area contributed by atoms with Gasteiger partial charge < -0.3 is 9.32 Å². The first kappa shape index (κ1) is 16.3. The summed E-state index contributed by atoms with van der Waals surface area (Å²) in [5, 5.41) is 1.19. The van der Waals surface area contributed by atoms with Crippen molar-refractivity contribution in [2.24, 2.45) is 4.99 Å². The summed E-state index contributed by atoms with van der Waals surface area (Å²) in [5.74, 6) is 1.03. The molecule has 1 heterocycles. The minimum absolute atomic E-state index is 0.817. The third-order valence-electron chi connectivity index (χ3n) is 4.52. The molecule has 0 atom stereocenters. The largest absolute Gasteiger partial charge is 0.460 e. The Hall–Kier alpha value is -2.55. The number of nitrogens with zero attached hydrogens (tertiary/aromatic N) is 2. The SMILES string of the molecule is CCN(C)/C=N\c1ccc2oc(Cc3ccccc3)c(C)c2c1C. The number of furan rings is 1. The summed E-state index contributed by atoms with van der Waals surface area (Å²) in [6.45, 7) is 7.31. The van der Waals surface area contributed by atoms with Crippen molar-refractivity contribution in [1.29, 1.82) is 0 Å². The van der Waals surface area contributed by atoms with Crippen molar-refractivity contribution in [3.63, 3.8) is 0 Å². The summed E-state index contributed by atoms with van der Waals surface area (Å²) in [6.07, 6.45) is 2.70. The summed E-state index contributed by atoms with van der Waals surface area (Å²) < 4.78 is 6.12. The molecule has 3 rings (SSSR count). The van der Waals surface area contributed by atoms with Crippen molar-refractivity contribution in [2.45, 2.75) is 27.2 Å². The van der Waals surface area contributed by atoms with Crippen molar-refractivity contribution < 1.29 is 4.42 Å². The van der Waals surface area contributed by atoms with Gasteiger partial charge in [0.25, 0.3) is 0 Å². The molecule has 0 aliphatic carbocycles. The normalized spacial score (nSPS) is 11.5. The van der Waals surface area contributed by atoms with Crippen LogP contribution in [-0.4, -0.2) is 24.8 Å². The Morgan fingerprint density at radius 2 is 1.79 bits per heavy atom. The molecule has 1 aromatic heterocycles. The average molecular weight is 320 g/mol. The zero-order chi connectivity index (χ0) is 17.1. The zero-order valence-electron chi connectivity index (χ0n) is 14.8. The van der Waals surface area contributed by atoms with Crippen LogP contribution in [0, 0.1) is 13.8 Å². The minimum atomic E-state index is 0.817. The summed E-state index contributed by atoms with van der Waals surface area (Å²) in [4.78, 5) is 6.68. The highest BCUT2D eigenvalue weighted by molar-refractivity contribution is 5.90. The highest BCUT2D eigenvalue weighted by Gasteiger charge is 2.14. The number of aliphatic imine (C=N–C) groups is 1. The fourth-order valence-corrected chi connectivity index (χ4v) is 2.91. The first-order valence-electron chi connectivity index (χ1n) is 8.40. The average Bonchev–Trinajstić information content (AvgIpc) is 2.91. The van der Waals surface area contributed by atoms with Crippen LogP contribution in [-0.2, 0) is 6.42 Å². The first-order valence-corrected chi connectivity index (χ1v) is 8.40. The number of fused-ring (bicyclic) bond motifs is 1. The van der Waals surface area contributed by atoms with Crippen molar-refractivity contribution in [1.82, 2.24) is 4.90 Å². The van der Waals surface area contributed by atoms with Crippen molar-refractivity contribution in [3.8, 4) is 0 Å². The quantitative estimate of drug-likeness (QED) is 0.474. The summed E-state index contributed by atoms with van der Waals surface area (Å²) >= 11 is 0. The van der Waals surface area contributed by atoms with E-state index >= 15 is 0 Å². The molecular formula is C21H24N2O. The number of aryl methyl sites for hydroxylation is 2. The van der Waals surface area contributed by atoms with Gasteiger partial charge in [-0.2, -0.15) is 0 Å². The molecule has 0 saturated heterocycles. The van der Waals surface area contributed by atoms with E-state index in [1.54, 1.807) is 0 Å². The number of benzene rings is 2. The van der Waals surface area contributed by atoms with E-state index in [2.05, 4.69) is 54.9 Å². The van der Waals surface area contributed by atoms with Crippen LogP contribution in [0.15, 0.2) is 51.9 Å². The van der Waals surface area contributed by atoms with Gasteiger partial charge in [-0.05, 0) is 49.6 Å². The van der Waals surface area contributed by atoms with Crippen LogP contribution < -0.4 is 0 Å². The number of rotatable bonds is 5. The Balaban J connectivity index is 1.99. The van der Waals surface area contributed by atoms with E-state index in [4.69, 9.17) is 4.42 Å². The molecule has 0 saturated carbocycles.